The van der Waals surface area contributed by atoms with E-state index in [0.29, 0.717) is 12.9 Å². The van der Waals surface area contributed by atoms with E-state index in [4.69, 9.17) is 10.00 Å². The van der Waals surface area contributed by atoms with Gasteiger partial charge in [0.25, 0.3) is 0 Å². The summed E-state index contributed by atoms with van der Waals surface area (Å²) in [7, 11) is 0. The van der Waals surface area contributed by atoms with Crippen molar-refractivity contribution in [2.24, 2.45) is 0 Å². The number of hydrogen-bond acceptors (Lipinski definition) is 3. The fourth-order valence-electron chi connectivity index (χ4n) is 0.457. The molecule has 3 nitrogen and oxygen atoms in total. The molecule has 0 aromatic carbocycles. The van der Waals surface area contributed by atoms with Crippen LogP contribution < -0.4 is 0 Å². The van der Waals surface area contributed by atoms with Crippen LogP contribution in [0.25, 0.3) is 0 Å². The summed E-state index contributed by atoms with van der Waals surface area (Å²) in [5.41, 5.74) is 0.0288. The number of carbonyl (C=O) groups excluding carboxylic acids is 1. The Balaban J connectivity index is 3.55. The Morgan fingerprint density at radius 3 is 2.91 bits per heavy atom. The fourth-order valence-corrected chi connectivity index (χ4v) is 0.457. The maximum absolute atomic E-state index is 10.0. The van der Waals surface area contributed by atoms with Gasteiger partial charge in [-0.3, -0.25) is 4.79 Å². The summed E-state index contributed by atoms with van der Waals surface area (Å²) in [5.74, 6) is 0. The Morgan fingerprint density at radius 2 is 2.45 bits per heavy atom. The minimum absolute atomic E-state index is 0.0288. The average Bonchev–Trinajstić information content (AvgIpc) is 2.05. The molecule has 0 heterocycles. The molecule has 0 fully saturated rings. The van der Waals surface area contributed by atoms with Gasteiger partial charge in [0.2, 0.25) is 0 Å². The summed E-state index contributed by atoms with van der Waals surface area (Å²) < 4.78 is 4.90. The molecule has 0 bridgehead atoms. The summed E-state index contributed by atoms with van der Waals surface area (Å²) >= 11 is 0. The van der Waals surface area contributed by atoms with Crippen LogP contribution in [0.4, 0.5) is 0 Å². The van der Waals surface area contributed by atoms with Gasteiger partial charge in [0.15, 0.2) is 6.29 Å². The summed E-state index contributed by atoms with van der Waals surface area (Å²) in [6.07, 6.45) is 3.65. The van der Waals surface area contributed by atoms with Crippen molar-refractivity contribution in [3.05, 3.63) is 11.8 Å². The number of rotatable bonds is 5. The van der Waals surface area contributed by atoms with Gasteiger partial charge in [-0.1, -0.05) is 13.3 Å². The predicted octanol–water partition coefficient (Wildman–Crippen LogP) is 1.41. The molecule has 0 aromatic heterocycles. The lowest BCUT2D eigenvalue weighted by Crippen LogP contribution is -1.88. The van der Waals surface area contributed by atoms with E-state index in [-0.39, 0.29) is 5.57 Å². The van der Waals surface area contributed by atoms with Gasteiger partial charge in [-0.05, 0) is 6.42 Å². The molecule has 3 heteroatoms. The lowest BCUT2D eigenvalue weighted by molar-refractivity contribution is -0.104. The van der Waals surface area contributed by atoms with Crippen molar-refractivity contribution in [3.8, 4) is 6.07 Å². The first-order valence-electron chi connectivity index (χ1n) is 3.52. The topological polar surface area (TPSA) is 50.1 Å². The molecule has 0 aromatic rings. The summed E-state index contributed by atoms with van der Waals surface area (Å²) in [5, 5.41) is 8.25. The number of allylic oxidation sites excluding steroid dienone is 1. The SMILES string of the molecule is CCCCOC=C(C#N)C=O. The van der Waals surface area contributed by atoms with Gasteiger partial charge < -0.3 is 4.74 Å². The highest BCUT2D eigenvalue weighted by molar-refractivity contribution is 5.78. The highest BCUT2D eigenvalue weighted by atomic mass is 16.5. The number of nitrogens with zero attached hydrogens (tertiary/aromatic N) is 1. The van der Waals surface area contributed by atoms with Crippen LogP contribution in [0.3, 0.4) is 0 Å². The van der Waals surface area contributed by atoms with E-state index in [0.717, 1.165) is 12.8 Å². The highest BCUT2D eigenvalue weighted by Crippen LogP contribution is 1.91. The first-order valence-corrected chi connectivity index (χ1v) is 3.52. The van der Waals surface area contributed by atoms with E-state index in [1.807, 2.05) is 6.92 Å². The molecule has 0 atom stereocenters. The van der Waals surface area contributed by atoms with Crippen LogP contribution in [0.5, 0.6) is 0 Å². The lowest BCUT2D eigenvalue weighted by Gasteiger charge is -1.96. The molecule has 0 amide bonds. The molecular weight excluding hydrogens is 142 g/mol. The number of nitriles is 1. The van der Waals surface area contributed by atoms with Crippen molar-refractivity contribution in [1.82, 2.24) is 0 Å². The van der Waals surface area contributed by atoms with Crippen LogP contribution in [-0.2, 0) is 9.53 Å². The van der Waals surface area contributed by atoms with E-state index < -0.39 is 0 Å². The van der Waals surface area contributed by atoms with Gasteiger partial charge in [-0.2, -0.15) is 5.26 Å². The van der Waals surface area contributed by atoms with Crippen molar-refractivity contribution in [2.75, 3.05) is 6.61 Å². The Morgan fingerprint density at radius 1 is 1.73 bits per heavy atom. The molecule has 0 rings (SSSR count). The number of unbranched alkanes of at least 4 members (excludes halogenated alkanes) is 1. The minimum Gasteiger partial charge on any atom is -0.500 e. The molecule has 0 aliphatic rings. The molecule has 0 aliphatic heterocycles. The lowest BCUT2D eigenvalue weighted by atomic mass is 10.3. The molecular formula is C8H11NO2. The minimum atomic E-state index is 0.0288. The smallest absolute Gasteiger partial charge is 0.163 e. The zero-order chi connectivity index (χ0) is 8.53. The van der Waals surface area contributed by atoms with Gasteiger partial charge in [0.1, 0.15) is 17.9 Å². The third-order valence-corrected chi connectivity index (χ3v) is 1.08. The second kappa shape index (κ2) is 6.81. The monoisotopic (exact) mass is 153 g/mol. The molecule has 0 saturated carbocycles. The Bertz CT molecular complexity index is 179. The van der Waals surface area contributed by atoms with Gasteiger partial charge in [0.05, 0.1) is 6.61 Å². The quantitative estimate of drug-likeness (QED) is 0.197. The number of carbonyl (C=O) groups is 1. The van der Waals surface area contributed by atoms with Gasteiger partial charge in [-0.25, -0.2) is 0 Å². The third kappa shape index (κ3) is 5.16. The van der Waals surface area contributed by atoms with E-state index in [1.54, 1.807) is 6.07 Å². The summed E-state index contributed by atoms with van der Waals surface area (Å²) in [6.45, 7) is 2.60. The predicted molar refractivity (Wildman–Crippen MR) is 40.6 cm³/mol. The molecule has 0 aliphatic carbocycles. The largest absolute Gasteiger partial charge is 0.500 e. The van der Waals surface area contributed by atoms with Crippen LogP contribution in [0, 0.1) is 11.3 Å². The van der Waals surface area contributed by atoms with Gasteiger partial charge in [-0.15, -0.1) is 0 Å². The number of ether oxygens (including phenoxy) is 1. The first-order chi connectivity index (χ1) is 5.35. The Kier molecular flexibility index (Phi) is 6.01. The molecule has 0 N–H and O–H groups in total. The second-order valence-electron chi connectivity index (χ2n) is 2.03. The van der Waals surface area contributed by atoms with Crippen LogP contribution >= 0.6 is 0 Å². The fraction of sp³-hybridized carbons (Fsp3) is 0.500. The van der Waals surface area contributed by atoms with E-state index >= 15 is 0 Å². The van der Waals surface area contributed by atoms with E-state index in [2.05, 4.69) is 0 Å². The van der Waals surface area contributed by atoms with Gasteiger partial charge >= 0.3 is 0 Å². The van der Waals surface area contributed by atoms with Crippen molar-refractivity contribution in [2.45, 2.75) is 19.8 Å². The summed E-state index contributed by atoms with van der Waals surface area (Å²) in [6, 6.07) is 1.70. The van der Waals surface area contributed by atoms with Crippen molar-refractivity contribution in [1.29, 1.82) is 5.26 Å². The summed E-state index contributed by atoms with van der Waals surface area (Å²) in [4.78, 5) is 10.0. The molecule has 60 valence electrons. The third-order valence-electron chi connectivity index (χ3n) is 1.08. The van der Waals surface area contributed by atoms with Crippen molar-refractivity contribution >= 4 is 6.29 Å². The number of aldehydes is 1. The standard InChI is InChI=1S/C8H11NO2/c1-2-3-4-11-7-8(5-9)6-10/h6-7H,2-4H2,1H3. The average molecular weight is 153 g/mol. The molecule has 0 radical (unpaired) electrons. The molecule has 0 saturated heterocycles. The van der Waals surface area contributed by atoms with Crippen molar-refractivity contribution in [3.63, 3.8) is 0 Å². The second-order valence-corrected chi connectivity index (χ2v) is 2.03. The zero-order valence-electron chi connectivity index (χ0n) is 6.54. The molecule has 11 heavy (non-hydrogen) atoms. The Hall–Kier alpha value is -1.30. The van der Waals surface area contributed by atoms with E-state index in [1.165, 1.54) is 6.26 Å². The van der Waals surface area contributed by atoms with Crippen LogP contribution in [0.2, 0.25) is 0 Å². The normalized spacial score (nSPS) is 10.4. The Labute approximate surface area is 66.3 Å². The zero-order valence-corrected chi connectivity index (χ0v) is 6.54. The number of hydrogen-bond donors (Lipinski definition) is 0. The van der Waals surface area contributed by atoms with Gasteiger partial charge in [0, 0.05) is 0 Å². The molecule has 0 unspecified atom stereocenters. The van der Waals surface area contributed by atoms with Crippen molar-refractivity contribution < 1.29 is 9.53 Å². The van der Waals surface area contributed by atoms with E-state index in [9.17, 15) is 4.79 Å². The van der Waals surface area contributed by atoms with Crippen LogP contribution in [0.15, 0.2) is 11.8 Å². The van der Waals surface area contributed by atoms with Crippen LogP contribution in [0.1, 0.15) is 19.8 Å². The molecule has 0 spiro atoms. The first kappa shape index (κ1) is 9.70. The highest BCUT2D eigenvalue weighted by Gasteiger charge is 1.89. The van der Waals surface area contributed by atoms with Crippen LogP contribution in [-0.4, -0.2) is 12.9 Å². The maximum Gasteiger partial charge on any atom is 0.163 e. The maximum atomic E-state index is 10.0.